The summed E-state index contributed by atoms with van der Waals surface area (Å²) in [6.07, 6.45) is -6.09. The number of nitrogens with zero attached hydrogens (tertiary/aromatic N) is 2. The molecule has 1 unspecified atom stereocenters. The van der Waals surface area contributed by atoms with E-state index in [1.165, 1.54) is 20.8 Å². The molecule has 0 spiro atoms. The maximum absolute atomic E-state index is 12.8. The average Bonchev–Trinajstić information content (AvgIpc) is 2.44. The second kappa shape index (κ2) is 7.18. The van der Waals surface area contributed by atoms with Crippen LogP contribution in [0.4, 0.5) is 29.3 Å². The van der Waals surface area contributed by atoms with E-state index in [0.29, 0.717) is 17.0 Å². The van der Waals surface area contributed by atoms with E-state index < -0.39 is 51.7 Å². The van der Waals surface area contributed by atoms with Gasteiger partial charge in [0.15, 0.2) is 0 Å². The Morgan fingerprint density at radius 1 is 1.27 bits per heavy atom. The largest absolute Gasteiger partial charge is 0.480 e. The molecule has 0 aliphatic rings. The average molecular weight is 378 g/mol. The van der Waals surface area contributed by atoms with Gasteiger partial charge in [0.05, 0.1) is 10.5 Å². The van der Waals surface area contributed by atoms with Crippen molar-refractivity contribution in [3.05, 3.63) is 33.9 Å². The highest BCUT2D eigenvalue weighted by Gasteiger charge is 2.38. The Bertz CT molecular complexity index is 727. The Morgan fingerprint density at radius 2 is 1.81 bits per heavy atom. The van der Waals surface area contributed by atoms with Crippen LogP contribution in [0, 0.1) is 10.1 Å². The van der Waals surface area contributed by atoms with Crippen molar-refractivity contribution in [2.75, 3.05) is 4.90 Å². The van der Waals surface area contributed by atoms with Crippen molar-refractivity contribution in [1.29, 1.82) is 0 Å². The van der Waals surface area contributed by atoms with Gasteiger partial charge in [0.2, 0.25) is 0 Å². The van der Waals surface area contributed by atoms with Crippen molar-refractivity contribution in [3.63, 3.8) is 0 Å². The van der Waals surface area contributed by atoms with E-state index >= 15 is 0 Å². The number of hydrogen-bond acceptors (Lipinski definition) is 5. The number of carboxylic acid groups (broad SMARTS) is 1. The fraction of sp³-hybridized carbons (Fsp3) is 0.467. The molecule has 8 nitrogen and oxygen atoms in total. The van der Waals surface area contributed by atoms with Gasteiger partial charge in [-0.25, -0.2) is 9.59 Å². The van der Waals surface area contributed by atoms with Crippen LogP contribution in [0.1, 0.15) is 33.3 Å². The first-order chi connectivity index (χ1) is 11.6. The molecule has 1 N–H and O–H groups in total. The molecule has 0 saturated carbocycles. The number of aliphatic carboxylic acids is 1. The maximum atomic E-state index is 12.8. The van der Waals surface area contributed by atoms with Crippen molar-refractivity contribution < 1.29 is 37.5 Å². The Kier molecular flexibility index (Phi) is 5.85. The Hall–Kier alpha value is -2.85. The van der Waals surface area contributed by atoms with Crippen LogP contribution in [0.5, 0.6) is 0 Å². The van der Waals surface area contributed by atoms with Gasteiger partial charge in [-0.1, -0.05) is 0 Å². The van der Waals surface area contributed by atoms with Crippen molar-refractivity contribution in [1.82, 2.24) is 0 Å². The first-order valence-corrected chi connectivity index (χ1v) is 7.26. The fourth-order valence-corrected chi connectivity index (χ4v) is 1.94. The van der Waals surface area contributed by atoms with E-state index in [1.807, 2.05) is 0 Å². The summed E-state index contributed by atoms with van der Waals surface area (Å²) in [6.45, 7) is 5.49. The van der Waals surface area contributed by atoms with Crippen molar-refractivity contribution in [3.8, 4) is 0 Å². The van der Waals surface area contributed by atoms with Crippen LogP contribution in [0.15, 0.2) is 18.2 Å². The van der Waals surface area contributed by atoms with Crippen LogP contribution >= 0.6 is 0 Å². The minimum atomic E-state index is -4.85. The molecular formula is C15H17F3N2O6. The topological polar surface area (TPSA) is 110 Å². The SMILES string of the molecule is CC(C(=O)O)N(C(=O)OC(C)(C)C)c1ccc(C(F)(F)F)cc1[N+](=O)[O-]. The van der Waals surface area contributed by atoms with Crippen LogP contribution < -0.4 is 4.90 Å². The molecule has 1 rings (SSSR count). The highest BCUT2D eigenvalue weighted by Crippen LogP contribution is 2.37. The minimum Gasteiger partial charge on any atom is -0.480 e. The Balaban J connectivity index is 3.57. The van der Waals surface area contributed by atoms with Crippen LogP contribution in [0.2, 0.25) is 0 Å². The molecule has 0 aromatic heterocycles. The molecule has 0 bridgehead atoms. The monoisotopic (exact) mass is 378 g/mol. The summed E-state index contributed by atoms with van der Waals surface area (Å²) in [6, 6.07) is -0.194. The lowest BCUT2D eigenvalue weighted by Crippen LogP contribution is -2.46. The lowest BCUT2D eigenvalue weighted by Gasteiger charge is -2.29. The van der Waals surface area contributed by atoms with E-state index in [-0.39, 0.29) is 6.07 Å². The first-order valence-electron chi connectivity index (χ1n) is 7.26. The zero-order valence-electron chi connectivity index (χ0n) is 14.3. The third-order valence-electron chi connectivity index (χ3n) is 3.09. The number of benzene rings is 1. The summed E-state index contributed by atoms with van der Waals surface area (Å²) in [7, 11) is 0. The molecule has 1 atom stereocenters. The van der Waals surface area contributed by atoms with Gasteiger partial charge in [-0.05, 0) is 39.8 Å². The standard InChI is InChI=1S/C15H17F3N2O6/c1-8(12(21)22)19(13(23)26-14(2,3)4)10-6-5-9(15(16,17)18)7-11(10)20(24)25/h5-8H,1-4H3,(H,21,22). The number of ether oxygens (including phenoxy) is 1. The van der Waals surface area contributed by atoms with Crippen molar-refractivity contribution in [2.24, 2.45) is 0 Å². The molecule has 0 saturated heterocycles. The summed E-state index contributed by atoms with van der Waals surface area (Å²) < 4.78 is 43.5. The quantitative estimate of drug-likeness (QED) is 0.630. The minimum absolute atomic E-state index is 0.237. The summed E-state index contributed by atoms with van der Waals surface area (Å²) in [5, 5.41) is 20.4. The predicted molar refractivity (Wildman–Crippen MR) is 83.9 cm³/mol. The predicted octanol–water partition coefficient (Wildman–Crippen LogP) is 3.83. The van der Waals surface area contributed by atoms with Crippen molar-refractivity contribution >= 4 is 23.4 Å². The number of nitro benzene ring substituents is 1. The van der Waals surface area contributed by atoms with Gasteiger partial charge in [-0.15, -0.1) is 0 Å². The highest BCUT2D eigenvalue weighted by molar-refractivity contribution is 5.97. The van der Waals surface area contributed by atoms with Gasteiger partial charge >= 0.3 is 18.2 Å². The van der Waals surface area contributed by atoms with E-state index in [9.17, 15) is 38.0 Å². The number of halogens is 3. The number of anilines is 1. The molecule has 1 amide bonds. The molecule has 0 radical (unpaired) electrons. The number of amides is 1. The molecule has 144 valence electrons. The first kappa shape index (κ1) is 21.2. The van der Waals surface area contributed by atoms with Crippen LogP contribution in [-0.2, 0) is 15.7 Å². The number of carboxylic acids is 1. The molecule has 0 heterocycles. The number of carbonyl (C=O) groups excluding carboxylic acids is 1. The van der Waals surface area contributed by atoms with Gasteiger partial charge in [-0.3, -0.25) is 15.0 Å². The molecule has 1 aromatic carbocycles. The molecule has 1 aromatic rings. The Labute approximate surface area is 146 Å². The van der Waals surface area contributed by atoms with Crippen LogP contribution in [0.3, 0.4) is 0 Å². The molecule has 0 fully saturated rings. The van der Waals surface area contributed by atoms with E-state index in [1.54, 1.807) is 0 Å². The summed E-state index contributed by atoms with van der Waals surface area (Å²) >= 11 is 0. The normalized spacial score (nSPS) is 13.0. The summed E-state index contributed by atoms with van der Waals surface area (Å²) in [5.74, 6) is -1.52. The van der Waals surface area contributed by atoms with Gasteiger partial charge in [-0.2, -0.15) is 13.2 Å². The molecular weight excluding hydrogens is 361 g/mol. The second-order valence-corrected chi connectivity index (χ2v) is 6.32. The zero-order chi connectivity index (χ0) is 20.4. The number of carbonyl (C=O) groups is 2. The zero-order valence-corrected chi connectivity index (χ0v) is 14.3. The lowest BCUT2D eigenvalue weighted by molar-refractivity contribution is -0.384. The van der Waals surface area contributed by atoms with Gasteiger partial charge in [0.1, 0.15) is 17.3 Å². The summed E-state index contributed by atoms with van der Waals surface area (Å²) in [4.78, 5) is 34.2. The smallest absolute Gasteiger partial charge is 0.416 e. The number of nitro groups is 1. The van der Waals surface area contributed by atoms with E-state index in [2.05, 4.69) is 0 Å². The number of hydrogen-bond donors (Lipinski definition) is 1. The third-order valence-corrected chi connectivity index (χ3v) is 3.09. The Morgan fingerprint density at radius 3 is 2.19 bits per heavy atom. The molecule has 26 heavy (non-hydrogen) atoms. The van der Waals surface area contributed by atoms with Gasteiger partial charge in [0.25, 0.3) is 5.69 Å². The fourth-order valence-electron chi connectivity index (χ4n) is 1.94. The van der Waals surface area contributed by atoms with E-state index in [4.69, 9.17) is 4.74 Å². The third kappa shape index (κ3) is 5.07. The molecule has 0 aliphatic carbocycles. The van der Waals surface area contributed by atoms with Gasteiger partial charge in [0, 0.05) is 6.07 Å². The van der Waals surface area contributed by atoms with Gasteiger partial charge < -0.3 is 9.84 Å². The van der Waals surface area contributed by atoms with Crippen molar-refractivity contribution in [2.45, 2.75) is 45.5 Å². The summed E-state index contributed by atoms with van der Waals surface area (Å²) in [5.41, 5.74) is -4.06. The number of rotatable bonds is 4. The highest BCUT2D eigenvalue weighted by atomic mass is 19.4. The van der Waals surface area contributed by atoms with E-state index in [0.717, 1.165) is 6.92 Å². The maximum Gasteiger partial charge on any atom is 0.416 e. The lowest BCUT2D eigenvalue weighted by atomic mass is 10.1. The number of alkyl halides is 3. The van der Waals surface area contributed by atoms with Crippen LogP contribution in [0.25, 0.3) is 0 Å². The molecule has 11 heteroatoms. The van der Waals surface area contributed by atoms with Crippen LogP contribution in [-0.4, -0.2) is 33.7 Å². The second-order valence-electron chi connectivity index (χ2n) is 6.32. The molecule has 0 aliphatic heterocycles.